The molecule has 1 aromatic carbocycles. The molecule has 0 saturated heterocycles. The van der Waals surface area contributed by atoms with E-state index in [0.29, 0.717) is 5.69 Å². The van der Waals surface area contributed by atoms with Crippen molar-refractivity contribution in [1.29, 1.82) is 0 Å². The summed E-state index contributed by atoms with van der Waals surface area (Å²) in [5.41, 5.74) is 3.49. The van der Waals surface area contributed by atoms with Gasteiger partial charge in [0.1, 0.15) is 0 Å². The zero-order chi connectivity index (χ0) is 20.4. The van der Waals surface area contributed by atoms with Crippen molar-refractivity contribution >= 4 is 27.1 Å². The van der Waals surface area contributed by atoms with E-state index in [-0.39, 0.29) is 17.5 Å². The van der Waals surface area contributed by atoms with E-state index in [1.807, 2.05) is 32.0 Å². The smallest absolute Gasteiger partial charge is 0.243 e. The Morgan fingerprint density at radius 1 is 1.11 bits per heavy atom. The van der Waals surface area contributed by atoms with Crippen molar-refractivity contribution in [3.63, 3.8) is 0 Å². The monoisotopic (exact) mass is 389 g/mol. The van der Waals surface area contributed by atoms with Gasteiger partial charge in [0.05, 0.1) is 23.2 Å². The van der Waals surface area contributed by atoms with Gasteiger partial charge in [-0.25, -0.2) is 13.4 Å². The third kappa shape index (κ3) is 4.66. The number of carbonyl (C=O) groups is 1. The van der Waals surface area contributed by atoms with Crippen molar-refractivity contribution in [3.05, 3.63) is 47.7 Å². The van der Waals surface area contributed by atoms with Crippen molar-refractivity contribution < 1.29 is 13.2 Å². The summed E-state index contributed by atoms with van der Waals surface area (Å²) in [6, 6.07) is 8.99. The molecule has 2 aromatic rings. The molecule has 0 spiro atoms. The maximum Gasteiger partial charge on any atom is 0.243 e. The summed E-state index contributed by atoms with van der Waals surface area (Å²) < 4.78 is 24.0. The second-order valence-electron chi connectivity index (χ2n) is 7.64. The van der Waals surface area contributed by atoms with Crippen LogP contribution in [0.2, 0.25) is 0 Å². The van der Waals surface area contributed by atoms with Gasteiger partial charge in [0.2, 0.25) is 5.91 Å². The van der Waals surface area contributed by atoms with Gasteiger partial charge in [0.15, 0.2) is 14.9 Å². The molecule has 27 heavy (non-hydrogen) atoms. The van der Waals surface area contributed by atoms with Crippen molar-refractivity contribution in [2.75, 3.05) is 23.8 Å². The van der Waals surface area contributed by atoms with Crippen LogP contribution in [0.5, 0.6) is 0 Å². The molecule has 0 fully saturated rings. The van der Waals surface area contributed by atoms with Crippen molar-refractivity contribution in [1.82, 2.24) is 4.98 Å². The number of para-hydroxylation sites is 1. The van der Waals surface area contributed by atoms with Crippen LogP contribution in [0.3, 0.4) is 0 Å². The van der Waals surface area contributed by atoms with Crippen LogP contribution < -0.4 is 10.2 Å². The van der Waals surface area contributed by atoms with E-state index in [2.05, 4.69) is 10.3 Å². The number of aryl methyl sites for hydroxylation is 2. The van der Waals surface area contributed by atoms with Crippen LogP contribution in [-0.2, 0) is 14.6 Å². The second-order valence-corrected chi connectivity index (χ2v) is 10.3. The highest BCUT2D eigenvalue weighted by molar-refractivity contribution is 7.92. The van der Waals surface area contributed by atoms with Gasteiger partial charge in [-0.3, -0.25) is 4.79 Å². The van der Waals surface area contributed by atoms with Gasteiger partial charge in [-0.15, -0.1) is 0 Å². The second kappa shape index (κ2) is 7.68. The lowest BCUT2D eigenvalue weighted by atomic mass is 10.1. The number of nitrogens with zero attached hydrogens (tertiary/aromatic N) is 2. The lowest BCUT2D eigenvalue weighted by molar-refractivity contribution is -0.114. The molecule has 0 radical (unpaired) electrons. The number of anilines is 2. The normalized spacial score (nSPS) is 11.9. The molecule has 146 valence electrons. The Morgan fingerprint density at radius 3 is 2.19 bits per heavy atom. The average Bonchev–Trinajstić information content (AvgIpc) is 2.57. The van der Waals surface area contributed by atoms with Crippen LogP contribution >= 0.6 is 0 Å². The van der Waals surface area contributed by atoms with Crippen LogP contribution in [0, 0.1) is 13.8 Å². The SMILES string of the molecule is Cc1cccc(C)c1NC(=O)CN(C)c1ccc(S(=O)(=O)C(C)(C)C)nc1. The van der Waals surface area contributed by atoms with Gasteiger partial charge in [-0.05, 0) is 57.9 Å². The Kier molecular flexibility index (Phi) is 5.94. The van der Waals surface area contributed by atoms with Crippen molar-refractivity contribution in [2.24, 2.45) is 0 Å². The topological polar surface area (TPSA) is 79.4 Å². The third-order valence-electron chi connectivity index (χ3n) is 4.37. The lowest BCUT2D eigenvalue weighted by Crippen LogP contribution is -2.31. The number of benzene rings is 1. The number of aromatic nitrogens is 1. The summed E-state index contributed by atoms with van der Waals surface area (Å²) in [5.74, 6) is -0.152. The average molecular weight is 390 g/mol. The predicted octanol–water partition coefficient (Wildman–Crippen LogP) is 3.35. The number of carbonyl (C=O) groups excluding carboxylic acids is 1. The lowest BCUT2D eigenvalue weighted by Gasteiger charge is -2.21. The van der Waals surface area contributed by atoms with E-state index in [0.717, 1.165) is 16.8 Å². The van der Waals surface area contributed by atoms with Crippen LogP contribution in [0.1, 0.15) is 31.9 Å². The fourth-order valence-corrected chi connectivity index (χ4v) is 3.63. The highest BCUT2D eigenvalue weighted by Gasteiger charge is 2.32. The standard InChI is InChI=1S/C20H27N3O3S/c1-14-8-7-9-15(2)19(14)22-17(24)13-23(6)16-10-11-18(21-12-16)27(25,26)20(3,4)5/h7-12H,13H2,1-6H3,(H,22,24). The van der Waals surface area contributed by atoms with E-state index < -0.39 is 14.6 Å². The summed E-state index contributed by atoms with van der Waals surface area (Å²) in [5, 5.41) is 2.97. The molecule has 0 aliphatic carbocycles. The number of likely N-dealkylation sites (N-methyl/N-ethyl adjacent to an activating group) is 1. The molecule has 1 aromatic heterocycles. The maximum absolute atomic E-state index is 12.4. The molecule has 1 N–H and O–H groups in total. The minimum Gasteiger partial charge on any atom is -0.364 e. The van der Waals surface area contributed by atoms with Gasteiger partial charge in [-0.1, -0.05) is 18.2 Å². The van der Waals surface area contributed by atoms with Crippen molar-refractivity contribution in [2.45, 2.75) is 44.4 Å². The molecular weight excluding hydrogens is 362 g/mol. The van der Waals surface area contributed by atoms with Gasteiger partial charge in [-0.2, -0.15) is 0 Å². The first-order valence-electron chi connectivity index (χ1n) is 8.71. The van der Waals surface area contributed by atoms with Gasteiger partial charge < -0.3 is 10.2 Å². The number of nitrogens with one attached hydrogen (secondary N) is 1. The molecule has 0 aliphatic rings. The molecule has 1 heterocycles. The van der Waals surface area contributed by atoms with E-state index in [9.17, 15) is 13.2 Å². The van der Waals surface area contributed by atoms with E-state index in [1.165, 1.54) is 12.3 Å². The van der Waals surface area contributed by atoms with E-state index >= 15 is 0 Å². The molecule has 0 unspecified atom stereocenters. The summed E-state index contributed by atoms with van der Waals surface area (Å²) in [6.45, 7) is 8.95. The number of pyridine rings is 1. The Labute approximate surface area is 161 Å². The number of sulfone groups is 1. The summed E-state index contributed by atoms with van der Waals surface area (Å²) in [7, 11) is -1.74. The minimum absolute atomic E-state index is 0.0344. The van der Waals surface area contributed by atoms with Crippen LogP contribution in [-0.4, -0.2) is 37.6 Å². The number of hydrogen-bond donors (Lipinski definition) is 1. The molecule has 0 atom stereocenters. The first-order chi connectivity index (χ1) is 12.4. The number of rotatable bonds is 5. The van der Waals surface area contributed by atoms with Crippen LogP contribution in [0.4, 0.5) is 11.4 Å². The molecular formula is C20H27N3O3S. The summed E-state index contributed by atoms with van der Waals surface area (Å²) >= 11 is 0. The van der Waals surface area contributed by atoms with Gasteiger partial charge in [0.25, 0.3) is 0 Å². The Bertz CT molecular complexity index is 910. The quantitative estimate of drug-likeness (QED) is 0.848. The van der Waals surface area contributed by atoms with E-state index in [4.69, 9.17) is 0 Å². The van der Waals surface area contributed by atoms with Crippen molar-refractivity contribution in [3.8, 4) is 0 Å². The van der Waals surface area contributed by atoms with Crippen LogP contribution in [0.25, 0.3) is 0 Å². The zero-order valence-corrected chi connectivity index (χ0v) is 17.5. The summed E-state index contributed by atoms with van der Waals surface area (Å²) in [6.07, 6.45) is 1.48. The maximum atomic E-state index is 12.4. The fraction of sp³-hybridized carbons (Fsp3) is 0.400. The highest BCUT2D eigenvalue weighted by Crippen LogP contribution is 2.24. The number of hydrogen-bond acceptors (Lipinski definition) is 5. The fourth-order valence-electron chi connectivity index (χ4n) is 2.57. The van der Waals surface area contributed by atoms with E-state index in [1.54, 1.807) is 38.8 Å². The highest BCUT2D eigenvalue weighted by atomic mass is 32.2. The molecule has 0 bridgehead atoms. The molecule has 6 nitrogen and oxygen atoms in total. The van der Waals surface area contributed by atoms with Gasteiger partial charge >= 0.3 is 0 Å². The minimum atomic E-state index is -3.50. The largest absolute Gasteiger partial charge is 0.364 e. The molecule has 0 aliphatic heterocycles. The molecule has 0 saturated carbocycles. The Balaban J connectivity index is 2.10. The first kappa shape index (κ1) is 20.9. The third-order valence-corrected chi connectivity index (χ3v) is 6.77. The predicted molar refractivity (Wildman–Crippen MR) is 109 cm³/mol. The van der Waals surface area contributed by atoms with Gasteiger partial charge in [0, 0.05) is 12.7 Å². The Morgan fingerprint density at radius 2 is 1.70 bits per heavy atom. The molecule has 7 heteroatoms. The zero-order valence-electron chi connectivity index (χ0n) is 16.7. The molecule has 2 rings (SSSR count). The van der Waals surface area contributed by atoms with Crippen LogP contribution in [0.15, 0.2) is 41.6 Å². The Hall–Kier alpha value is -2.41. The number of amides is 1. The summed E-state index contributed by atoms with van der Waals surface area (Å²) in [4.78, 5) is 18.2. The molecule has 1 amide bonds. The first-order valence-corrected chi connectivity index (χ1v) is 10.2.